The molecule has 70 valence electrons. The van der Waals surface area contributed by atoms with E-state index in [1.54, 1.807) is 0 Å². The van der Waals surface area contributed by atoms with Crippen LogP contribution in [0.5, 0.6) is 0 Å². The van der Waals surface area contributed by atoms with Crippen molar-refractivity contribution in [3.05, 3.63) is 0 Å². The van der Waals surface area contributed by atoms with Gasteiger partial charge in [0.15, 0.2) is 6.10 Å². The van der Waals surface area contributed by atoms with Crippen LogP contribution >= 0.6 is 0 Å². The third-order valence-electron chi connectivity index (χ3n) is 3.50. The van der Waals surface area contributed by atoms with E-state index in [-0.39, 0.29) is 5.91 Å². The highest BCUT2D eigenvalue weighted by Gasteiger charge is 2.54. The van der Waals surface area contributed by atoms with Gasteiger partial charge in [-0.25, -0.2) is 4.79 Å². The fourth-order valence-electron chi connectivity index (χ4n) is 2.78. The summed E-state index contributed by atoms with van der Waals surface area (Å²) in [4.78, 5) is 22.1. The molecule has 1 aliphatic heterocycles. The predicted molar refractivity (Wildman–Crippen MR) is 42.7 cm³/mol. The first-order chi connectivity index (χ1) is 6.25. The van der Waals surface area contributed by atoms with E-state index in [4.69, 9.17) is 4.74 Å². The molecule has 2 amide bonds. The number of imide groups is 1. The molecule has 4 unspecified atom stereocenters. The summed E-state index contributed by atoms with van der Waals surface area (Å²) in [5, 5.41) is 2.18. The van der Waals surface area contributed by atoms with E-state index in [1.165, 1.54) is 12.8 Å². The largest absolute Gasteiger partial charge is 0.435 e. The van der Waals surface area contributed by atoms with Crippen molar-refractivity contribution in [2.75, 3.05) is 0 Å². The molecule has 1 saturated heterocycles. The van der Waals surface area contributed by atoms with Gasteiger partial charge in [-0.3, -0.25) is 10.1 Å². The molecule has 3 rings (SSSR count). The average molecular weight is 181 g/mol. The van der Waals surface area contributed by atoms with E-state index in [0.717, 1.165) is 12.3 Å². The lowest BCUT2D eigenvalue weighted by molar-refractivity contribution is -0.125. The Morgan fingerprint density at radius 3 is 2.54 bits per heavy atom. The highest BCUT2D eigenvalue weighted by atomic mass is 16.6. The number of fused-ring (bicyclic) bond motifs is 1. The summed E-state index contributed by atoms with van der Waals surface area (Å²) < 4.78 is 4.96. The molecule has 1 N–H and O–H groups in total. The highest BCUT2D eigenvalue weighted by molar-refractivity contribution is 6.00. The van der Waals surface area contributed by atoms with Crippen LogP contribution in [0.1, 0.15) is 19.3 Å². The van der Waals surface area contributed by atoms with Gasteiger partial charge < -0.3 is 4.74 Å². The third kappa shape index (κ3) is 0.975. The van der Waals surface area contributed by atoms with E-state index < -0.39 is 12.2 Å². The van der Waals surface area contributed by atoms with Crippen molar-refractivity contribution in [3.8, 4) is 0 Å². The lowest BCUT2D eigenvalue weighted by atomic mass is 9.96. The topological polar surface area (TPSA) is 55.4 Å². The quantitative estimate of drug-likeness (QED) is 0.646. The molecule has 2 saturated carbocycles. The Morgan fingerprint density at radius 1 is 1.23 bits per heavy atom. The fraction of sp³-hybridized carbons (Fsp3) is 0.778. The van der Waals surface area contributed by atoms with E-state index in [2.05, 4.69) is 5.32 Å². The van der Waals surface area contributed by atoms with E-state index in [0.29, 0.717) is 11.8 Å². The summed E-state index contributed by atoms with van der Waals surface area (Å²) in [7, 11) is 0. The molecule has 0 aromatic rings. The van der Waals surface area contributed by atoms with Crippen LogP contribution in [0, 0.1) is 17.8 Å². The Morgan fingerprint density at radius 2 is 2.08 bits per heavy atom. The number of cyclic esters (lactones) is 1. The highest BCUT2D eigenvalue weighted by Crippen LogP contribution is 2.57. The van der Waals surface area contributed by atoms with Gasteiger partial charge in [0, 0.05) is 5.92 Å². The second-order valence-electron chi connectivity index (χ2n) is 4.22. The van der Waals surface area contributed by atoms with Crippen LogP contribution in [-0.2, 0) is 9.53 Å². The number of carbonyl (C=O) groups excluding carboxylic acids is 2. The summed E-state index contributed by atoms with van der Waals surface area (Å²) in [5.74, 6) is 1.54. The van der Waals surface area contributed by atoms with Crippen molar-refractivity contribution in [1.29, 1.82) is 0 Å². The van der Waals surface area contributed by atoms with E-state index >= 15 is 0 Å². The van der Waals surface area contributed by atoms with Crippen molar-refractivity contribution in [2.45, 2.75) is 25.4 Å². The van der Waals surface area contributed by atoms with Crippen LogP contribution in [0.2, 0.25) is 0 Å². The average Bonchev–Trinajstić information content (AvgIpc) is 2.62. The second kappa shape index (κ2) is 2.25. The maximum absolute atomic E-state index is 11.3. The zero-order valence-electron chi connectivity index (χ0n) is 7.16. The molecule has 3 aliphatic rings. The number of ether oxygens (including phenoxy) is 1. The maximum atomic E-state index is 11.3. The number of carbonyl (C=O) groups is 2. The van der Waals surface area contributed by atoms with Gasteiger partial charge in [0.1, 0.15) is 0 Å². The minimum absolute atomic E-state index is 0.234. The van der Waals surface area contributed by atoms with Gasteiger partial charge in [0.2, 0.25) is 0 Å². The van der Waals surface area contributed by atoms with Gasteiger partial charge in [0.05, 0.1) is 0 Å². The molecular weight excluding hydrogens is 170 g/mol. The normalized spacial score (nSPS) is 47.1. The Kier molecular flexibility index (Phi) is 1.27. The number of rotatable bonds is 1. The van der Waals surface area contributed by atoms with E-state index in [9.17, 15) is 9.59 Å². The maximum Gasteiger partial charge on any atom is 0.414 e. The summed E-state index contributed by atoms with van der Waals surface area (Å²) >= 11 is 0. The number of nitrogens with one attached hydrogen (secondary N) is 1. The zero-order chi connectivity index (χ0) is 9.00. The smallest absolute Gasteiger partial charge is 0.414 e. The van der Waals surface area contributed by atoms with Crippen LogP contribution in [-0.4, -0.2) is 18.1 Å². The standard InChI is InChI=1S/C9H11NO3/c11-8-7(13-9(12)10-8)5-2-1-4-3-6(4)5/h4-7H,1-3H2,(H,10,11,12). The molecule has 0 bridgehead atoms. The number of hydrogen-bond acceptors (Lipinski definition) is 3. The lowest BCUT2D eigenvalue weighted by Crippen LogP contribution is -2.31. The van der Waals surface area contributed by atoms with Crippen LogP contribution in [0.4, 0.5) is 4.79 Å². The van der Waals surface area contributed by atoms with Gasteiger partial charge in [-0.2, -0.15) is 0 Å². The summed E-state index contributed by atoms with van der Waals surface area (Å²) in [6.07, 6.45) is 2.42. The summed E-state index contributed by atoms with van der Waals surface area (Å²) in [6, 6.07) is 0. The summed E-state index contributed by atoms with van der Waals surface area (Å²) in [5.41, 5.74) is 0. The first-order valence-corrected chi connectivity index (χ1v) is 4.77. The van der Waals surface area contributed by atoms with Gasteiger partial charge in [0.25, 0.3) is 5.91 Å². The van der Waals surface area contributed by atoms with E-state index in [1.807, 2.05) is 0 Å². The Balaban J connectivity index is 1.77. The molecule has 2 aliphatic carbocycles. The Labute approximate surface area is 75.6 Å². The zero-order valence-corrected chi connectivity index (χ0v) is 7.16. The van der Waals surface area contributed by atoms with Gasteiger partial charge in [-0.05, 0) is 31.1 Å². The molecule has 0 radical (unpaired) electrons. The van der Waals surface area contributed by atoms with Crippen LogP contribution in [0.25, 0.3) is 0 Å². The van der Waals surface area contributed by atoms with Gasteiger partial charge in [-0.15, -0.1) is 0 Å². The molecular formula is C9H11NO3. The minimum Gasteiger partial charge on any atom is -0.435 e. The molecule has 0 spiro atoms. The lowest BCUT2D eigenvalue weighted by Gasteiger charge is -2.15. The Hall–Kier alpha value is -1.06. The number of amides is 2. The van der Waals surface area contributed by atoms with Gasteiger partial charge in [-0.1, -0.05) is 0 Å². The molecule has 0 aromatic carbocycles. The molecule has 13 heavy (non-hydrogen) atoms. The molecule has 4 heteroatoms. The molecule has 0 aromatic heterocycles. The molecule has 3 fully saturated rings. The Bertz CT molecular complexity index is 289. The monoisotopic (exact) mass is 181 g/mol. The molecule has 4 nitrogen and oxygen atoms in total. The minimum atomic E-state index is -0.570. The first kappa shape index (κ1) is 7.35. The van der Waals surface area contributed by atoms with Crippen molar-refractivity contribution in [3.63, 3.8) is 0 Å². The second-order valence-corrected chi connectivity index (χ2v) is 4.22. The van der Waals surface area contributed by atoms with Gasteiger partial charge >= 0.3 is 6.09 Å². The number of alkyl carbamates (subject to hydrolysis) is 1. The molecule has 4 atom stereocenters. The fourth-order valence-corrected chi connectivity index (χ4v) is 2.78. The predicted octanol–water partition coefficient (Wildman–Crippen LogP) is 0.667. The van der Waals surface area contributed by atoms with Crippen LogP contribution in [0.3, 0.4) is 0 Å². The SMILES string of the molecule is O=C1NC(=O)C(C2CCC3CC32)O1. The number of hydrogen-bond donors (Lipinski definition) is 1. The van der Waals surface area contributed by atoms with Crippen molar-refractivity contribution < 1.29 is 14.3 Å². The van der Waals surface area contributed by atoms with Crippen molar-refractivity contribution in [2.24, 2.45) is 17.8 Å². The van der Waals surface area contributed by atoms with Crippen molar-refractivity contribution >= 4 is 12.0 Å². The van der Waals surface area contributed by atoms with Crippen LogP contribution < -0.4 is 5.32 Å². The molecule has 1 heterocycles. The third-order valence-corrected chi connectivity index (χ3v) is 3.50. The first-order valence-electron chi connectivity index (χ1n) is 4.77. The summed E-state index contributed by atoms with van der Waals surface area (Å²) in [6.45, 7) is 0. The van der Waals surface area contributed by atoms with Crippen molar-refractivity contribution in [1.82, 2.24) is 5.32 Å². The van der Waals surface area contributed by atoms with Crippen LogP contribution in [0.15, 0.2) is 0 Å².